The van der Waals surface area contributed by atoms with E-state index in [2.05, 4.69) is 6.07 Å². The highest BCUT2D eigenvalue weighted by atomic mass is 16.5. The number of benzene rings is 1. The average Bonchev–Trinajstić information content (AvgIpc) is 2.28. The van der Waals surface area contributed by atoms with Gasteiger partial charge in [-0.05, 0) is 43.7 Å². The molecule has 1 aromatic carbocycles. The van der Waals surface area contributed by atoms with E-state index in [1.165, 1.54) is 5.56 Å². The predicted molar refractivity (Wildman–Crippen MR) is 59.4 cm³/mol. The van der Waals surface area contributed by atoms with Crippen molar-refractivity contribution in [3.63, 3.8) is 0 Å². The monoisotopic (exact) mass is 207 g/mol. The Morgan fingerprint density at radius 2 is 2.40 bits per heavy atom. The maximum absolute atomic E-state index is 5.65. The first-order valence-corrected chi connectivity index (χ1v) is 5.42. The molecular weight excluding hydrogens is 190 g/mol. The fourth-order valence-corrected chi connectivity index (χ4v) is 1.84. The van der Waals surface area contributed by atoms with Gasteiger partial charge in [0.25, 0.3) is 0 Å². The maximum Gasteiger partial charge on any atom is 0.122 e. The Morgan fingerprint density at radius 1 is 1.53 bits per heavy atom. The number of fused-ring (bicyclic) bond motifs is 1. The third kappa shape index (κ3) is 2.23. The summed E-state index contributed by atoms with van der Waals surface area (Å²) < 4.78 is 11.1. The highest BCUT2D eigenvalue weighted by Crippen LogP contribution is 2.30. The van der Waals surface area contributed by atoms with Crippen LogP contribution in [0.2, 0.25) is 0 Å². The van der Waals surface area contributed by atoms with Crippen LogP contribution >= 0.6 is 0 Å². The third-order valence-electron chi connectivity index (χ3n) is 2.66. The lowest BCUT2D eigenvalue weighted by atomic mass is 9.97. The van der Waals surface area contributed by atoms with Crippen molar-refractivity contribution in [1.82, 2.24) is 0 Å². The molecule has 1 aliphatic heterocycles. The van der Waals surface area contributed by atoms with Crippen LogP contribution in [0, 0.1) is 5.92 Å². The number of hydrogen-bond donors (Lipinski definition) is 1. The zero-order valence-corrected chi connectivity index (χ0v) is 9.03. The Bertz CT molecular complexity index is 338. The molecular formula is C12H17NO2. The molecule has 0 fully saturated rings. The van der Waals surface area contributed by atoms with Crippen molar-refractivity contribution in [2.75, 3.05) is 19.8 Å². The summed E-state index contributed by atoms with van der Waals surface area (Å²) >= 11 is 0. The molecule has 0 amide bonds. The van der Waals surface area contributed by atoms with E-state index in [1.54, 1.807) is 0 Å². The van der Waals surface area contributed by atoms with Gasteiger partial charge in [-0.2, -0.15) is 0 Å². The van der Waals surface area contributed by atoms with Crippen molar-refractivity contribution in [2.24, 2.45) is 11.7 Å². The van der Waals surface area contributed by atoms with E-state index in [1.807, 2.05) is 19.1 Å². The van der Waals surface area contributed by atoms with Crippen LogP contribution in [0.25, 0.3) is 0 Å². The molecule has 3 nitrogen and oxygen atoms in total. The number of nitrogens with two attached hydrogens (primary N) is 1. The smallest absolute Gasteiger partial charge is 0.122 e. The van der Waals surface area contributed by atoms with Crippen LogP contribution in [0.5, 0.6) is 11.5 Å². The molecule has 1 aromatic rings. The molecule has 0 saturated heterocycles. The first-order chi connectivity index (χ1) is 7.33. The molecule has 2 rings (SSSR count). The molecule has 2 N–H and O–H groups in total. The molecule has 0 saturated carbocycles. The van der Waals surface area contributed by atoms with Gasteiger partial charge in [0, 0.05) is 5.92 Å². The Balaban J connectivity index is 2.19. The van der Waals surface area contributed by atoms with Gasteiger partial charge in [-0.3, -0.25) is 0 Å². The van der Waals surface area contributed by atoms with Gasteiger partial charge in [-0.1, -0.05) is 0 Å². The Morgan fingerprint density at radius 3 is 3.13 bits per heavy atom. The molecule has 3 heteroatoms. The van der Waals surface area contributed by atoms with Crippen LogP contribution in [-0.2, 0) is 6.42 Å². The van der Waals surface area contributed by atoms with E-state index in [-0.39, 0.29) is 0 Å². The zero-order chi connectivity index (χ0) is 10.7. The highest BCUT2D eigenvalue weighted by molar-refractivity contribution is 5.41. The summed E-state index contributed by atoms with van der Waals surface area (Å²) in [6.07, 6.45) is 0.993. The second-order valence-electron chi connectivity index (χ2n) is 3.82. The lowest BCUT2D eigenvalue weighted by molar-refractivity contribution is 0.225. The predicted octanol–water partition coefficient (Wildman–Crippen LogP) is 1.60. The lowest BCUT2D eigenvalue weighted by Crippen LogP contribution is -2.27. The van der Waals surface area contributed by atoms with Crippen molar-refractivity contribution < 1.29 is 9.47 Å². The summed E-state index contributed by atoms with van der Waals surface area (Å²) in [7, 11) is 0. The molecule has 1 heterocycles. The lowest BCUT2D eigenvalue weighted by Gasteiger charge is -2.24. The van der Waals surface area contributed by atoms with Gasteiger partial charge in [-0.25, -0.2) is 0 Å². The van der Waals surface area contributed by atoms with E-state index in [0.29, 0.717) is 19.1 Å². The molecule has 0 radical (unpaired) electrons. The van der Waals surface area contributed by atoms with Gasteiger partial charge in [0.2, 0.25) is 0 Å². The highest BCUT2D eigenvalue weighted by Gasteiger charge is 2.18. The van der Waals surface area contributed by atoms with Crippen LogP contribution in [-0.4, -0.2) is 19.8 Å². The van der Waals surface area contributed by atoms with Crippen molar-refractivity contribution in [3.8, 4) is 11.5 Å². The third-order valence-corrected chi connectivity index (χ3v) is 2.66. The molecule has 0 aliphatic carbocycles. The van der Waals surface area contributed by atoms with Gasteiger partial charge in [0.1, 0.15) is 11.5 Å². The van der Waals surface area contributed by atoms with Crippen LogP contribution in [0.1, 0.15) is 12.5 Å². The molecule has 82 valence electrons. The molecule has 15 heavy (non-hydrogen) atoms. The number of hydrogen-bond acceptors (Lipinski definition) is 3. The van der Waals surface area contributed by atoms with E-state index in [4.69, 9.17) is 15.2 Å². The first-order valence-electron chi connectivity index (χ1n) is 5.42. The summed E-state index contributed by atoms with van der Waals surface area (Å²) in [5.74, 6) is 2.33. The topological polar surface area (TPSA) is 44.5 Å². The van der Waals surface area contributed by atoms with Gasteiger partial charge in [0.05, 0.1) is 13.2 Å². The van der Waals surface area contributed by atoms with Gasteiger partial charge >= 0.3 is 0 Å². The Kier molecular flexibility index (Phi) is 3.11. The van der Waals surface area contributed by atoms with Gasteiger partial charge in [-0.15, -0.1) is 0 Å². The summed E-state index contributed by atoms with van der Waals surface area (Å²) in [5.41, 5.74) is 6.86. The fourth-order valence-electron chi connectivity index (χ4n) is 1.84. The molecule has 0 aromatic heterocycles. The normalized spacial score (nSPS) is 19.2. The largest absolute Gasteiger partial charge is 0.494 e. The summed E-state index contributed by atoms with van der Waals surface area (Å²) in [5, 5.41) is 0. The summed E-state index contributed by atoms with van der Waals surface area (Å²) in [6, 6.07) is 5.98. The standard InChI is InChI=1S/C12H17NO2/c1-2-14-11-3-4-12-10(6-11)5-9(7-13)8-15-12/h3-4,6,9H,2,5,7-8,13H2,1H3. The second-order valence-corrected chi connectivity index (χ2v) is 3.82. The minimum Gasteiger partial charge on any atom is -0.494 e. The fraction of sp³-hybridized carbons (Fsp3) is 0.500. The second kappa shape index (κ2) is 4.53. The molecule has 1 unspecified atom stereocenters. The number of rotatable bonds is 3. The van der Waals surface area contributed by atoms with Crippen molar-refractivity contribution >= 4 is 0 Å². The first kappa shape index (κ1) is 10.3. The van der Waals surface area contributed by atoms with Gasteiger partial charge in [0.15, 0.2) is 0 Å². The summed E-state index contributed by atoms with van der Waals surface area (Å²) in [4.78, 5) is 0. The van der Waals surface area contributed by atoms with Crippen LogP contribution in [0.3, 0.4) is 0 Å². The Labute approximate surface area is 90.2 Å². The molecule has 0 bridgehead atoms. The zero-order valence-electron chi connectivity index (χ0n) is 9.03. The van der Waals surface area contributed by atoms with Crippen LogP contribution in [0.4, 0.5) is 0 Å². The maximum atomic E-state index is 5.65. The summed E-state index contributed by atoms with van der Waals surface area (Å²) in [6.45, 7) is 4.09. The van der Waals surface area contributed by atoms with Crippen molar-refractivity contribution in [2.45, 2.75) is 13.3 Å². The minimum atomic E-state index is 0.439. The van der Waals surface area contributed by atoms with E-state index < -0.39 is 0 Å². The van der Waals surface area contributed by atoms with Crippen molar-refractivity contribution in [3.05, 3.63) is 23.8 Å². The molecule has 1 atom stereocenters. The molecule has 0 spiro atoms. The number of ether oxygens (including phenoxy) is 2. The van der Waals surface area contributed by atoms with E-state index >= 15 is 0 Å². The quantitative estimate of drug-likeness (QED) is 0.818. The average molecular weight is 207 g/mol. The van der Waals surface area contributed by atoms with Crippen molar-refractivity contribution in [1.29, 1.82) is 0 Å². The SMILES string of the molecule is CCOc1ccc2c(c1)CC(CN)CO2. The van der Waals surface area contributed by atoms with Gasteiger partial charge < -0.3 is 15.2 Å². The molecule has 1 aliphatic rings. The van der Waals surface area contributed by atoms with E-state index in [0.717, 1.165) is 24.5 Å². The van der Waals surface area contributed by atoms with Crippen LogP contribution < -0.4 is 15.2 Å². The van der Waals surface area contributed by atoms with E-state index in [9.17, 15) is 0 Å². The minimum absolute atomic E-state index is 0.439. The Hall–Kier alpha value is -1.22. The van der Waals surface area contributed by atoms with Crippen LogP contribution in [0.15, 0.2) is 18.2 Å².